The molecule has 1 aromatic heterocycles. The fourth-order valence-corrected chi connectivity index (χ4v) is 3.30. The van der Waals surface area contributed by atoms with Gasteiger partial charge in [-0.2, -0.15) is 5.23 Å². The van der Waals surface area contributed by atoms with Crippen LogP contribution in [0.4, 0.5) is 5.69 Å². The van der Waals surface area contributed by atoms with Gasteiger partial charge >= 0.3 is 0 Å². The van der Waals surface area contributed by atoms with Crippen molar-refractivity contribution in [3.8, 4) is 5.88 Å². The van der Waals surface area contributed by atoms with E-state index in [1.54, 1.807) is 13.0 Å². The molecular formula is C15H23BrN2O3. The van der Waals surface area contributed by atoms with Crippen LogP contribution in [-0.2, 0) is 0 Å². The lowest BCUT2D eigenvalue weighted by atomic mass is 9.80. The molecule has 0 spiro atoms. The molecule has 0 radical (unpaired) electrons. The molecule has 0 amide bonds. The van der Waals surface area contributed by atoms with Gasteiger partial charge in [0.15, 0.2) is 5.69 Å². The Kier molecular flexibility index (Phi) is 5.60. The van der Waals surface area contributed by atoms with Gasteiger partial charge in [-0.1, -0.05) is 13.8 Å². The number of rotatable bonds is 4. The molecule has 1 fully saturated rings. The molecule has 1 aliphatic rings. The quantitative estimate of drug-likeness (QED) is 0.811. The number of aryl methyl sites for hydroxylation is 1. The van der Waals surface area contributed by atoms with Crippen molar-refractivity contribution in [2.24, 2.45) is 11.8 Å². The van der Waals surface area contributed by atoms with Crippen LogP contribution >= 0.6 is 15.9 Å². The Morgan fingerprint density at radius 3 is 2.52 bits per heavy atom. The molecule has 5 nitrogen and oxygen atoms in total. The summed E-state index contributed by atoms with van der Waals surface area (Å²) in [6.07, 6.45) is 4.63. The van der Waals surface area contributed by atoms with E-state index in [9.17, 15) is 5.21 Å². The van der Waals surface area contributed by atoms with Gasteiger partial charge in [0.25, 0.3) is 0 Å². The van der Waals surface area contributed by atoms with Crippen molar-refractivity contribution in [1.29, 1.82) is 0 Å². The fourth-order valence-electron chi connectivity index (χ4n) is 2.89. The molecule has 2 N–H and O–H groups in total. The summed E-state index contributed by atoms with van der Waals surface area (Å²) >= 11 is 3.36. The monoisotopic (exact) mass is 358 g/mol. The highest BCUT2D eigenvalue weighted by atomic mass is 79.9. The zero-order chi connectivity index (χ0) is 15.6. The minimum atomic E-state index is -0.968. The Hall–Kier alpha value is -0.690. The van der Waals surface area contributed by atoms with E-state index in [2.05, 4.69) is 34.8 Å². The number of pyridine rings is 1. The predicted molar refractivity (Wildman–Crippen MR) is 83.7 cm³/mol. The van der Waals surface area contributed by atoms with Crippen molar-refractivity contribution in [2.45, 2.75) is 52.6 Å². The van der Waals surface area contributed by atoms with Crippen molar-refractivity contribution in [2.75, 3.05) is 0 Å². The highest BCUT2D eigenvalue weighted by Crippen LogP contribution is 2.34. The molecule has 21 heavy (non-hydrogen) atoms. The topological polar surface area (TPSA) is 69.9 Å². The average Bonchev–Trinajstić information content (AvgIpc) is 2.42. The lowest BCUT2D eigenvalue weighted by Gasteiger charge is -2.31. The number of quaternary nitrogens is 1. The van der Waals surface area contributed by atoms with Gasteiger partial charge < -0.3 is 9.94 Å². The van der Waals surface area contributed by atoms with Crippen LogP contribution in [0.2, 0.25) is 0 Å². The van der Waals surface area contributed by atoms with Gasteiger partial charge in [0.2, 0.25) is 5.88 Å². The molecule has 1 heterocycles. The Morgan fingerprint density at radius 2 is 2.00 bits per heavy atom. The normalized spacial score (nSPS) is 24.1. The zero-order valence-corrected chi connectivity index (χ0v) is 14.3. The number of ether oxygens (including phenoxy) is 1. The maximum atomic E-state index is 11.1. The first kappa shape index (κ1) is 16.7. The summed E-state index contributed by atoms with van der Waals surface area (Å²) in [4.78, 5) is 4.29. The molecule has 6 heteroatoms. The summed E-state index contributed by atoms with van der Waals surface area (Å²) in [6.45, 7) is 6.24. The van der Waals surface area contributed by atoms with Crippen LogP contribution in [0, 0.1) is 24.0 Å². The van der Waals surface area contributed by atoms with Gasteiger partial charge in [0.1, 0.15) is 11.8 Å². The summed E-state index contributed by atoms with van der Waals surface area (Å²) in [5.41, 5.74) is 0.689. The Morgan fingerprint density at radius 1 is 1.38 bits per heavy atom. The lowest BCUT2D eigenvalue weighted by Crippen LogP contribution is -2.99. The molecule has 1 saturated carbocycles. The van der Waals surface area contributed by atoms with Gasteiger partial charge in [0, 0.05) is 6.07 Å². The second-order valence-electron chi connectivity index (χ2n) is 6.11. The summed E-state index contributed by atoms with van der Waals surface area (Å²) < 4.78 is 6.59. The van der Waals surface area contributed by atoms with Crippen LogP contribution in [0.25, 0.3) is 0 Å². The Bertz CT molecular complexity index is 486. The van der Waals surface area contributed by atoms with Crippen LogP contribution in [-0.4, -0.2) is 16.3 Å². The lowest BCUT2D eigenvalue weighted by molar-refractivity contribution is -0.991. The maximum Gasteiger partial charge on any atom is 0.228 e. The zero-order valence-electron chi connectivity index (χ0n) is 12.7. The highest BCUT2D eigenvalue weighted by Gasteiger charge is 2.25. The van der Waals surface area contributed by atoms with Crippen molar-refractivity contribution in [3.05, 3.63) is 21.4 Å². The van der Waals surface area contributed by atoms with Gasteiger partial charge in [-0.25, -0.2) is 10.2 Å². The van der Waals surface area contributed by atoms with Crippen molar-refractivity contribution >= 4 is 21.6 Å². The number of aromatic nitrogens is 1. The van der Waals surface area contributed by atoms with E-state index in [0.717, 1.165) is 24.7 Å². The summed E-state index contributed by atoms with van der Waals surface area (Å²) in [5, 5.41) is 19.2. The molecule has 0 saturated heterocycles. The maximum absolute atomic E-state index is 11.1. The van der Waals surface area contributed by atoms with Crippen molar-refractivity contribution in [1.82, 2.24) is 4.98 Å². The third kappa shape index (κ3) is 4.16. The second-order valence-corrected chi connectivity index (χ2v) is 6.97. The smallest absolute Gasteiger partial charge is 0.228 e. The summed E-state index contributed by atoms with van der Waals surface area (Å²) in [7, 11) is 0. The van der Waals surface area contributed by atoms with Crippen LogP contribution in [0.1, 0.15) is 45.2 Å². The van der Waals surface area contributed by atoms with Crippen LogP contribution in [0.15, 0.2) is 10.5 Å². The molecule has 118 valence electrons. The molecule has 0 bridgehead atoms. The van der Waals surface area contributed by atoms with Crippen molar-refractivity contribution < 1.29 is 15.2 Å². The first-order valence-electron chi connectivity index (χ1n) is 7.45. The van der Waals surface area contributed by atoms with Gasteiger partial charge in [0.05, 0.1) is 4.47 Å². The standard InChI is InChI=1S/C15H23BrN2O3/c1-9(2)11-4-6-12(7-5-11)21-15-13(16)8-14(18(19)20)10(3)17-15/h8-9,11-12,18-19H,4-7H2,1-3H3/t11-,12+. The SMILES string of the molecule is Cc1nc(O[C@H]2CC[C@@H](C(C)C)CC2)c(Br)cc1[NH+]([O-])O. The van der Waals surface area contributed by atoms with E-state index in [-0.39, 0.29) is 11.8 Å². The third-order valence-corrected chi connectivity index (χ3v) is 4.87. The molecule has 1 aliphatic carbocycles. The first-order valence-corrected chi connectivity index (χ1v) is 8.25. The van der Waals surface area contributed by atoms with Crippen LogP contribution in [0.3, 0.4) is 0 Å². The number of hydrogen-bond acceptors (Lipinski definition) is 4. The number of halogens is 1. The van der Waals surface area contributed by atoms with Crippen molar-refractivity contribution in [3.63, 3.8) is 0 Å². The first-order chi connectivity index (χ1) is 9.88. The largest absolute Gasteiger partial charge is 0.595 e. The molecule has 2 rings (SSSR count). The number of nitrogens with one attached hydrogen (secondary N) is 1. The molecule has 1 aromatic rings. The molecule has 1 unspecified atom stereocenters. The third-order valence-electron chi connectivity index (χ3n) is 4.30. The van der Waals surface area contributed by atoms with E-state index in [1.165, 1.54) is 12.8 Å². The van der Waals surface area contributed by atoms with Gasteiger partial charge in [-0.3, -0.25) is 0 Å². The Labute approximate surface area is 134 Å². The van der Waals surface area contributed by atoms with Crippen LogP contribution in [0.5, 0.6) is 5.88 Å². The minimum Gasteiger partial charge on any atom is -0.595 e. The van der Waals surface area contributed by atoms with E-state index in [1.807, 2.05) is 0 Å². The molecular weight excluding hydrogens is 336 g/mol. The highest BCUT2D eigenvalue weighted by molar-refractivity contribution is 9.10. The van der Waals surface area contributed by atoms with E-state index >= 15 is 0 Å². The molecule has 0 aromatic carbocycles. The minimum absolute atomic E-state index is 0.180. The van der Waals surface area contributed by atoms with E-state index in [4.69, 9.17) is 9.94 Å². The van der Waals surface area contributed by atoms with E-state index in [0.29, 0.717) is 16.0 Å². The van der Waals surface area contributed by atoms with Gasteiger partial charge in [-0.15, -0.1) is 0 Å². The fraction of sp³-hybridized carbons (Fsp3) is 0.667. The number of nitrogens with zero attached hydrogens (tertiary/aromatic N) is 1. The number of hydrogen-bond donors (Lipinski definition) is 2. The van der Waals surface area contributed by atoms with Crippen LogP contribution < -0.4 is 9.96 Å². The summed E-state index contributed by atoms with van der Waals surface area (Å²) in [5.74, 6) is 2.02. The average molecular weight is 359 g/mol. The summed E-state index contributed by atoms with van der Waals surface area (Å²) in [6, 6.07) is 1.57. The van der Waals surface area contributed by atoms with Gasteiger partial charge in [-0.05, 0) is 60.4 Å². The molecule has 0 aliphatic heterocycles. The predicted octanol–water partition coefficient (Wildman–Crippen LogP) is 3.15. The molecule has 1 atom stereocenters. The Balaban J connectivity index is 2.03. The van der Waals surface area contributed by atoms with E-state index < -0.39 is 5.23 Å². The second kappa shape index (κ2) is 7.05.